The molecule has 160 valence electrons. The summed E-state index contributed by atoms with van der Waals surface area (Å²) in [6.07, 6.45) is 1.41. The van der Waals surface area contributed by atoms with E-state index in [4.69, 9.17) is 33.7 Å². The Morgan fingerprint density at radius 3 is 2.48 bits per heavy atom. The molecule has 29 heavy (non-hydrogen) atoms. The Morgan fingerprint density at radius 1 is 1.24 bits per heavy atom. The van der Waals surface area contributed by atoms with Crippen LogP contribution in [0.15, 0.2) is 23.1 Å². The van der Waals surface area contributed by atoms with E-state index >= 15 is 0 Å². The highest BCUT2D eigenvalue weighted by atomic mass is 35.5. The van der Waals surface area contributed by atoms with Crippen LogP contribution < -0.4 is 5.73 Å². The molecule has 2 aliphatic rings. The highest BCUT2D eigenvalue weighted by molar-refractivity contribution is 7.89. The Hall–Kier alpha value is -1.39. The fraction of sp³-hybridized carbons (Fsp3) is 0.556. The lowest BCUT2D eigenvalue weighted by Crippen LogP contribution is -2.56. The molecule has 11 heteroatoms. The van der Waals surface area contributed by atoms with Crippen molar-refractivity contribution in [1.29, 1.82) is 0 Å². The number of nitrogens with zero attached hydrogens (tertiary/aromatic N) is 2. The summed E-state index contributed by atoms with van der Waals surface area (Å²) in [5.74, 6) is -1.82. The molecule has 2 saturated heterocycles. The van der Waals surface area contributed by atoms with Crippen LogP contribution in [0.1, 0.15) is 19.3 Å². The molecular weight excluding hydrogens is 441 g/mol. The molecule has 2 amide bonds. The number of amides is 2. The van der Waals surface area contributed by atoms with E-state index in [0.717, 1.165) is 4.31 Å². The van der Waals surface area contributed by atoms with E-state index in [1.807, 2.05) is 0 Å². The molecule has 0 saturated carbocycles. The van der Waals surface area contributed by atoms with Gasteiger partial charge in [-0.3, -0.25) is 9.59 Å². The first kappa shape index (κ1) is 22.3. The van der Waals surface area contributed by atoms with Crippen LogP contribution in [0.5, 0.6) is 0 Å². The van der Waals surface area contributed by atoms with Gasteiger partial charge in [-0.2, -0.15) is 4.31 Å². The summed E-state index contributed by atoms with van der Waals surface area (Å²) >= 11 is 12.0. The van der Waals surface area contributed by atoms with Crippen LogP contribution in [0.3, 0.4) is 0 Å². The first-order valence-corrected chi connectivity index (χ1v) is 11.4. The van der Waals surface area contributed by atoms with E-state index in [0.29, 0.717) is 19.3 Å². The molecule has 8 nitrogen and oxygen atoms in total. The van der Waals surface area contributed by atoms with Crippen LogP contribution in [-0.2, 0) is 24.3 Å². The van der Waals surface area contributed by atoms with Crippen LogP contribution in [0.2, 0.25) is 10.0 Å². The molecule has 1 aromatic carbocycles. The van der Waals surface area contributed by atoms with Crippen LogP contribution in [-0.4, -0.2) is 68.3 Å². The van der Waals surface area contributed by atoms with Gasteiger partial charge in [0.05, 0.1) is 17.4 Å². The number of ether oxygens (including phenoxy) is 1. The number of fused-ring (bicyclic) bond motifs is 2. The van der Waals surface area contributed by atoms with Crippen molar-refractivity contribution in [3.05, 3.63) is 28.2 Å². The van der Waals surface area contributed by atoms with E-state index in [2.05, 4.69) is 0 Å². The van der Waals surface area contributed by atoms with E-state index < -0.39 is 33.9 Å². The Morgan fingerprint density at radius 2 is 1.90 bits per heavy atom. The molecule has 3 atom stereocenters. The first-order chi connectivity index (χ1) is 13.7. The minimum atomic E-state index is -4.15. The normalized spacial score (nSPS) is 25.7. The molecule has 2 bridgehead atoms. The zero-order chi connectivity index (χ0) is 21.3. The van der Waals surface area contributed by atoms with Crippen molar-refractivity contribution in [2.24, 2.45) is 11.7 Å². The third-order valence-electron chi connectivity index (χ3n) is 5.43. The molecule has 0 radical (unpaired) electrons. The second kappa shape index (κ2) is 8.77. The number of carbonyl (C=O) groups is 2. The highest BCUT2D eigenvalue weighted by Crippen LogP contribution is 2.38. The SMILES string of the molecule is COCCN1CC(C(N)=O)C2CCCC(C1=O)N2S(=O)(=O)c1cc(Cl)cc(Cl)c1. The second-order valence-corrected chi connectivity index (χ2v) is 9.96. The molecule has 0 spiro atoms. The fourth-order valence-corrected chi connectivity index (χ4v) is 6.69. The van der Waals surface area contributed by atoms with E-state index in [1.165, 1.54) is 30.2 Å². The number of benzene rings is 1. The van der Waals surface area contributed by atoms with Crippen LogP contribution in [0.25, 0.3) is 0 Å². The minimum absolute atomic E-state index is 0.0566. The number of piperidine rings is 1. The summed E-state index contributed by atoms with van der Waals surface area (Å²) in [5.41, 5.74) is 5.63. The minimum Gasteiger partial charge on any atom is -0.383 e. The third kappa shape index (κ3) is 4.39. The zero-order valence-electron chi connectivity index (χ0n) is 15.9. The smallest absolute Gasteiger partial charge is 0.244 e. The monoisotopic (exact) mass is 463 g/mol. The number of halogens is 2. The molecule has 1 aromatic rings. The number of hydrogen-bond donors (Lipinski definition) is 1. The van der Waals surface area contributed by atoms with Gasteiger partial charge >= 0.3 is 0 Å². The van der Waals surface area contributed by atoms with Crippen molar-refractivity contribution in [2.75, 3.05) is 26.8 Å². The molecule has 0 aromatic heterocycles. The Balaban J connectivity index is 2.10. The van der Waals surface area contributed by atoms with Gasteiger partial charge in [0, 0.05) is 36.3 Å². The lowest BCUT2D eigenvalue weighted by molar-refractivity contribution is -0.135. The topological polar surface area (TPSA) is 110 Å². The molecule has 2 N–H and O–H groups in total. The number of rotatable bonds is 6. The van der Waals surface area contributed by atoms with Crippen LogP contribution >= 0.6 is 23.2 Å². The summed E-state index contributed by atoms with van der Waals surface area (Å²) in [6, 6.07) is 2.36. The predicted molar refractivity (Wildman–Crippen MR) is 108 cm³/mol. The maximum Gasteiger partial charge on any atom is 0.244 e. The van der Waals surface area contributed by atoms with Gasteiger partial charge in [-0.05, 0) is 37.5 Å². The van der Waals surface area contributed by atoms with Gasteiger partial charge in [-0.1, -0.05) is 23.2 Å². The molecule has 2 aliphatic heterocycles. The summed E-state index contributed by atoms with van der Waals surface area (Å²) in [7, 11) is -2.65. The summed E-state index contributed by atoms with van der Waals surface area (Å²) in [6.45, 7) is 0.575. The van der Waals surface area contributed by atoms with E-state index in [9.17, 15) is 18.0 Å². The molecule has 2 heterocycles. The average Bonchev–Trinajstić information content (AvgIpc) is 2.72. The largest absolute Gasteiger partial charge is 0.383 e. The predicted octanol–water partition coefficient (Wildman–Crippen LogP) is 1.50. The molecule has 3 rings (SSSR count). The number of methoxy groups -OCH3 is 1. The Labute approximate surface area is 179 Å². The Bertz CT molecular complexity index is 891. The van der Waals surface area contributed by atoms with Gasteiger partial charge in [0.15, 0.2) is 0 Å². The van der Waals surface area contributed by atoms with Gasteiger partial charge in [-0.25, -0.2) is 8.42 Å². The Kier molecular flexibility index (Phi) is 6.74. The first-order valence-electron chi connectivity index (χ1n) is 9.23. The highest BCUT2D eigenvalue weighted by Gasteiger charge is 2.51. The third-order valence-corrected chi connectivity index (χ3v) is 7.78. The standard InChI is InChI=1S/C18H23Cl2N3O5S/c1-28-6-5-22-10-14(17(21)24)15-3-2-4-16(18(22)25)23(15)29(26,27)13-8-11(19)7-12(20)9-13/h7-9,14-16H,2-6,10H2,1H3,(H2,21,24). The van der Waals surface area contributed by atoms with Crippen LogP contribution in [0, 0.1) is 5.92 Å². The fourth-order valence-electron chi connectivity index (χ4n) is 4.10. The number of hydrogen-bond acceptors (Lipinski definition) is 5. The zero-order valence-corrected chi connectivity index (χ0v) is 18.2. The van der Waals surface area contributed by atoms with E-state index in [1.54, 1.807) is 0 Å². The van der Waals surface area contributed by atoms with Gasteiger partial charge in [0.2, 0.25) is 21.8 Å². The molecular formula is C18H23Cl2N3O5S. The second-order valence-electron chi connectivity index (χ2n) is 7.24. The van der Waals surface area contributed by atoms with E-state index in [-0.39, 0.29) is 40.5 Å². The molecule has 0 aliphatic carbocycles. The number of nitrogens with two attached hydrogens (primary N) is 1. The maximum atomic E-state index is 13.6. The van der Waals surface area contributed by atoms with Crippen LogP contribution in [0.4, 0.5) is 0 Å². The van der Waals surface area contributed by atoms with Crippen molar-refractivity contribution in [1.82, 2.24) is 9.21 Å². The van der Waals surface area contributed by atoms with Gasteiger partial charge in [0.25, 0.3) is 0 Å². The van der Waals surface area contributed by atoms with Crippen molar-refractivity contribution >= 4 is 45.0 Å². The molecule has 3 unspecified atom stereocenters. The lowest BCUT2D eigenvalue weighted by atomic mass is 9.90. The quantitative estimate of drug-likeness (QED) is 0.686. The van der Waals surface area contributed by atoms with Crippen molar-refractivity contribution < 1.29 is 22.7 Å². The summed E-state index contributed by atoms with van der Waals surface area (Å²) in [5, 5.41) is 0.325. The maximum absolute atomic E-state index is 13.6. The van der Waals surface area contributed by atoms with Crippen molar-refractivity contribution in [3.8, 4) is 0 Å². The summed E-state index contributed by atoms with van der Waals surface area (Å²) < 4.78 is 33.3. The number of carbonyl (C=O) groups excluding carboxylic acids is 2. The van der Waals surface area contributed by atoms with Gasteiger partial charge < -0.3 is 15.4 Å². The van der Waals surface area contributed by atoms with Gasteiger partial charge in [0.1, 0.15) is 6.04 Å². The van der Waals surface area contributed by atoms with Crippen molar-refractivity contribution in [3.63, 3.8) is 0 Å². The number of primary amides is 1. The summed E-state index contributed by atoms with van der Waals surface area (Å²) in [4.78, 5) is 26.8. The number of sulfonamides is 1. The van der Waals surface area contributed by atoms with Crippen molar-refractivity contribution in [2.45, 2.75) is 36.2 Å². The molecule has 2 fully saturated rings. The lowest BCUT2D eigenvalue weighted by Gasteiger charge is -2.40. The average molecular weight is 464 g/mol. The van der Waals surface area contributed by atoms with Gasteiger partial charge in [-0.15, -0.1) is 0 Å².